The normalized spacial score (nSPS) is 22.5. The van der Waals surface area contributed by atoms with Crippen LogP contribution in [0.4, 0.5) is 0 Å². The molecule has 1 heterocycles. The van der Waals surface area contributed by atoms with Crippen molar-refractivity contribution in [2.75, 3.05) is 13.7 Å². The van der Waals surface area contributed by atoms with Gasteiger partial charge in [-0.15, -0.1) is 0 Å². The Bertz CT molecular complexity index is 651. The van der Waals surface area contributed by atoms with Gasteiger partial charge in [0.15, 0.2) is 0 Å². The first-order chi connectivity index (χ1) is 12.1. The smallest absolute Gasteiger partial charge is 0.118 e. The zero-order valence-corrected chi connectivity index (χ0v) is 15.5. The average molecular weight is 339 g/mol. The molecule has 0 amide bonds. The molecule has 0 bridgehead atoms. The molecule has 2 atom stereocenters. The van der Waals surface area contributed by atoms with E-state index in [9.17, 15) is 0 Å². The van der Waals surface area contributed by atoms with Crippen molar-refractivity contribution in [2.24, 2.45) is 5.92 Å². The minimum atomic E-state index is -0.0647. The van der Waals surface area contributed by atoms with Crippen molar-refractivity contribution < 1.29 is 9.47 Å². The molecule has 1 aliphatic rings. The zero-order chi connectivity index (χ0) is 17.7. The van der Waals surface area contributed by atoms with Crippen LogP contribution in [0.15, 0.2) is 54.6 Å². The van der Waals surface area contributed by atoms with Crippen LogP contribution in [0.25, 0.3) is 0 Å². The first kappa shape index (κ1) is 18.0. The lowest BCUT2D eigenvalue weighted by atomic mass is 9.83. The molecule has 1 fully saturated rings. The van der Waals surface area contributed by atoms with Crippen molar-refractivity contribution >= 4 is 0 Å². The Morgan fingerprint density at radius 3 is 2.44 bits per heavy atom. The number of rotatable bonds is 6. The molecule has 2 aromatic rings. The van der Waals surface area contributed by atoms with Crippen LogP contribution in [0.2, 0.25) is 0 Å². The van der Waals surface area contributed by atoms with Crippen molar-refractivity contribution in [3.05, 3.63) is 65.7 Å². The van der Waals surface area contributed by atoms with E-state index in [1.54, 1.807) is 7.11 Å². The molecule has 1 aliphatic heterocycles. The summed E-state index contributed by atoms with van der Waals surface area (Å²) >= 11 is 0. The first-order valence-electron chi connectivity index (χ1n) is 9.10. The highest BCUT2D eigenvalue weighted by Crippen LogP contribution is 2.30. The van der Waals surface area contributed by atoms with Crippen LogP contribution < -0.4 is 10.1 Å². The van der Waals surface area contributed by atoms with Gasteiger partial charge in [0, 0.05) is 18.5 Å². The molecule has 0 unspecified atom stereocenters. The summed E-state index contributed by atoms with van der Waals surface area (Å²) in [6, 6.07) is 19.5. The van der Waals surface area contributed by atoms with E-state index in [0.29, 0.717) is 12.0 Å². The number of benzene rings is 2. The highest BCUT2D eigenvalue weighted by Gasteiger charge is 2.35. The van der Waals surface area contributed by atoms with Crippen molar-refractivity contribution in [1.29, 1.82) is 0 Å². The van der Waals surface area contributed by atoms with Gasteiger partial charge < -0.3 is 14.8 Å². The van der Waals surface area contributed by atoms with Gasteiger partial charge in [-0.2, -0.15) is 0 Å². The van der Waals surface area contributed by atoms with Crippen molar-refractivity contribution in [3.8, 4) is 5.75 Å². The summed E-state index contributed by atoms with van der Waals surface area (Å²) in [5.41, 5.74) is 2.60. The predicted octanol–water partition coefficient (Wildman–Crippen LogP) is 4.21. The van der Waals surface area contributed by atoms with E-state index < -0.39 is 0 Å². The predicted molar refractivity (Wildman–Crippen MR) is 102 cm³/mol. The molecule has 0 aliphatic carbocycles. The Labute approximate surface area is 151 Å². The lowest BCUT2D eigenvalue weighted by Crippen LogP contribution is -2.50. The number of ether oxygens (including phenoxy) is 2. The number of methoxy groups -OCH3 is 1. The molecule has 1 saturated heterocycles. The van der Waals surface area contributed by atoms with Crippen molar-refractivity contribution in [1.82, 2.24) is 5.32 Å². The second-order valence-corrected chi connectivity index (χ2v) is 7.56. The molecule has 134 valence electrons. The Hall–Kier alpha value is -1.84. The molecule has 0 radical (unpaired) electrons. The molecule has 3 nitrogen and oxygen atoms in total. The SMILES string of the molecule is COc1ccc(CN[C@@H]2CC(C)(C)OC[C@@H]2Cc2ccccc2)cc1. The molecule has 3 heteroatoms. The van der Waals surface area contributed by atoms with Gasteiger partial charge in [0.2, 0.25) is 0 Å². The lowest BCUT2D eigenvalue weighted by Gasteiger charge is -2.41. The fourth-order valence-corrected chi connectivity index (χ4v) is 3.55. The highest BCUT2D eigenvalue weighted by molar-refractivity contribution is 5.27. The minimum Gasteiger partial charge on any atom is -0.497 e. The van der Waals surface area contributed by atoms with Gasteiger partial charge in [0.05, 0.1) is 19.3 Å². The maximum absolute atomic E-state index is 6.11. The molecule has 0 spiro atoms. The van der Waals surface area contributed by atoms with E-state index in [1.807, 2.05) is 12.1 Å². The Kier molecular flexibility index (Phi) is 5.77. The topological polar surface area (TPSA) is 30.5 Å². The van der Waals surface area contributed by atoms with Crippen LogP contribution in [0.1, 0.15) is 31.4 Å². The lowest BCUT2D eigenvalue weighted by molar-refractivity contribution is -0.0906. The third kappa shape index (κ3) is 5.07. The fourth-order valence-electron chi connectivity index (χ4n) is 3.55. The molecule has 25 heavy (non-hydrogen) atoms. The maximum Gasteiger partial charge on any atom is 0.118 e. The molecule has 2 aromatic carbocycles. The molecule has 3 rings (SSSR count). The van der Waals surface area contributed by atoms with Crippen LogP contribution in [0.5, 0.6) is 5.75 Å². The van der Waals surface area contributed by atoms with E-state index >= 15 is 0 Å². The Morgan fingerprint density at radius 1 is 1.04 bits per heavy atom. The first-order valence-corrected chi connectivity index (χ1v) is 9.10. The van der Waals surface area contributed by atoms with E-state index in [1.165, 1.54) is 11.1 Å². The molecular formula is C22H29NO2. The van der Waals surface area contributed by atoms with Gasteiger partial charge >= 0.3 is 0 Å². The summed E-state index contributed by atoms with van der Waals surface area (Å²) in [5.74, 6) is 1.39. The molecule has 1 N–H and O–H groups in total. The largest absolute Gasteiger partial charge is 0.497 e. The quantitative estimate of drug-likeness (QED) is 0.855. The number of nitrogens with one attached hydrogen (secondary N) is 1. The van der Waals surface area contributed by atoms with Crippen LogP contribution in [-0.2, 0) is 17.7 Å². The Morgan fingerprint density at radius 2 is 1.76 bits per heavy atom. The van der Waals surface area contributed by atoms with Crippen LogP contribution >= 0.6 is 0 Å². The summed E-state index contributed by atoms with van der Waals surface area (Å²) in [6.07, 6.45) is 2.08. The second kappa shape index (κ2) is 8.03. The second-order valence-electron chi connectivity index (χ2n) is 7.56. The maximum atomic E-state index is 6.11. The van der Waals surface area contributed by atoms with E-state index in [4.69, 9.17) is 9.47 Å². The molecule has 0 aromatic heterocycles. The van der Waals surface area contributed by atoms with E-state index in [2.05, 4.69) is 61.6 Å². The number of hydrogen-bond donors (Lipinski definition) is 1. The van der Waals surface area contributed by atoms with Gasteiger partial charge in [-0.05, 0) is 49.9 Å². The van der Waals surface area contributed by atoms with E-state index in [-0.39, 0.29) is 5.60 Å². The van der Waals surface area contributed by atoms with Crippen LogP contribution in [-0.4, -0.2) is 25.4 Å². The highest BCUT2D eigenvalue weighted by atomic mass is 16.5. The van der Waals surface area contributed by atoms with Gasteiger partial charge in [-0.3, -0.25) is 0 Å². The van der Waals surface area contributed by atoms with Gasteiger partial charge in [-0.25, -0.2) is 0 Å². The van der Waals surface area contributed by atoms with Gasteiger partial charge in [-0.1, -0.05) is 42.5 Å². The third-order valence-corrected chi connectivity index (χ3v) is 5.04. The monoisotopic (exact) mass is 339 g/mol. The summed E-state index contributed by atoms with van der Waals surface area (Å²) in [6.45, 7) is 6.06. The summed E-state index contributed by atoms with van der Waals surface area (Å²) in [4.78, 5) is 0. The van der Waals surface area contributed by atoms with Gasteiger partial charge in [0.1, 0.15) is 5.75 Å². The number of hydrogen-bond acceptors (Lipinski definition) is 3. The van der Waals surface area contributed by atoms with Crippen LogP contribution in [0, 0.1) is 5.92 Å². The molecule has 0 saturated carbocycles. The molecular weight excluding hydrogens is 310 g/mol. The standard InChI is InChI=1S/C22H29NO2/c1-22(2)14-21(23-15-18-9-11-20(24-3)12-10-18)19(16-25-22)13-17-7-5-4-6-8-17/h4-12,19,21,23H,13-16H2,1-3H3/t19-,21+/m0/s1. The van der Waals surface area contributed by atoms with Gasteiger partial charge in [0.25, 0.3) is 0 Å². The minimum absolute atomic E-state index is 0.0647. The Balaban J connectivity index is 1.65. The van der Waals surface area contributed by atoms with Crippen molar-refractivity contribution in [2.45, 2.75) is 44.9 Å². The summed E-state index contributed by atoms with van der Waals surface area (Å²) < 4.78 is 11.3. The third-order valence-electron chi connectivity index (χ3n) is 5.04. The summed E-state index contributed by atoms with van der Waals surface area (Å²) in [5, 5.41) is 3.78. The zero-order valence-electron chi connectivity index (χ0n) is 15.5. The fraction of sp³-hybridized carbons (Fsp3) is 0.455. The van der Waals surface area contributed by atoms with E-state index in [0.717, 1.165) is 31.7 Å². The average Bonchev–Trinajstić information content (AvgIpc) is 2.63. The van der Waals surface area contributed by atoms with Crippen molar-refractivity contribution in [3.63, 3.8) is 0 Å². The van der Waals surface area contributed by atoms with Crippen LogP contribution in [0.3, 0.4) is 0 Å². The summed E-state index contributed by atoms with van der Waals surface area (Å²) in [7, 11) is 1.70.